The third-order valence-corrected chi connectivity index (χ3v) is 2.22. The second-order valence-corrected chi connectivity index (χ2v) is 5.17. The van der Waals surface area contributed by atoms with Crippen molar-refractivity contribution in [1.82, 2.24) is 9.97 Å². The van der Waals surface area contributed by atoms with Gasteiger partial charge in [0, 0.05) is 18.0 Å². The summed E-state index contributed by atoms with van der Waals surface area (Å²) in [5.41, 5.74) is 3.02. The van der Waals surface area contributed by atoms with Crippen molar-refractivity contribution in [2.45, 2.75) is 12.7 Å². The van der Waals surface area contributed by atoms with Gasteiger partial charge in [-0.2, -0.15) is 0 Å². The number of nitrogens with two attached hydrogens (primary N) is 1. The maximum absolute atomic E-state index is 11.0. The average Bonchev–Trinajstić information content (AvgIpc) is 1.99. The van der Waals surface area contributed by atoms with E-state index in [4.69, 9.17) is 5.84 Å². The van der Waals surface area contributed by atoms with Crippen LogP contribution in [-0.2, 0) is 15.6 Å². The molecule has 78 valence electrons. The summed E-state index contributed by atoms with van der Waals surface area (Å²) in [5, 5.41) is 0. The van der Waals surface area contributed by atoms with Crippen LogP contribution in [0.15, 0.2) is 6.07 Å². The van der Waals surface area contributed by atoms with Crippen LogP contribution in [0.4, 0.5) is 5.82 Å². The molecule has 1 aromatic heterocycles. The minimum Gasteiger partial charge on any atom is -0.308 e. The standard InChI is InChI=1S/C7H12N4O2S/c1-5-3-6(11-8)10-7(9-5)4-14(2,12)13/h3H,4,8H2,1-2H3,(H,9,10,11). The van der Waals surface area contributed by atoms with E-state index < -0.39 is 9.84 Å². The number of hydrazine groups is 1. The molecular weight excluding hydrogens is 204 g/mol. The summed E-state index contributed by atoms with van der Waals surface area (Å²) in [5.74, 6) is 5.65. The van der Waals surface area contributed by atoms with Crippen LogP contribution in [0.5, 0.6) is 0 Å². The molecule has 1 aromatic rings. The van der Waals surface area contributed by atoms with Gasteiger partial charge in [0.1, 0.15) is 17.4 Å². The Labute approximate surface area is 82.5 Å². The van der Waals surface area contributed by atoms with E-state index in [0.29, 0.717) is 11.5 Å². The minimum absolute atomic E-state index is 0.177. The predicted octanol–water partition coefficient (Wildman–Crippen LogP) is -0.385. The Morgan fingerprint density at radius 3 is 2.64 bits per heavy atom. The van der Waals surface area contributed by atoms with Crippen LogP contribution in [0.3, 0.4) is 0 Å². The monoisotopic (exact) mass is 216 g/mol. The van der Waals surface area contributed by atoms with Crippen LogP contribution >= 0.6 is 0 Å². The van der Waals surface area contributed by atoms with E-state index in [-0.39, 0.29) is 11.6 Å². The second-order valence-electron chi connectivity index (χ2n) is 3.03. The lowest BCUT2D eigenvalue weighted by atomic mass is 10.4. The zero-order chi connectivity index (χ0) is 10.8. The summed E-state index contributed by atoms with van der Waals surface area (Å²) in [6.07, 6.45) is 1.13. The fourth-order valence-electron chi connectivity index (χ4n) is 1.00. The highest BCUT2D eigenvalue weighted by Gasteiger charge is 2.08. The van der Waals surface area contributed by atoms with Gasteiger partial charge in [-0.3, -0.25) is 0 Å². The molecule has 0 aliphatic carbocycles. The molecule has 0 unspecified atom stereocenters. The Morgan fingerprint density at radius 1 is 1.50 bits per heavy atom. The molecule has 0 fully saturated rings. The van der Waals surface area contributed by atoms with Gasteiger partial charge in [-0.25, -0.2) is 24.2 Å². The number of rotatable bonds is 3. The van der Waals surface area contributed by atoms with Crippen molar-refractivity contribution in [2.24, 2.45) is 5.84 Å². The molecule has 0 atom stereocenters. The molecule has 1 rings (SSSR count). The van der Waals surface area contributed by atoms with Gasteiger partial charge in [0.25, 0.3) is 0 Å². The van der Waals surface area contributed by atoms with E-state index in [1.54, 1.807) is 13.0 Å². The van der Waals surface area contributed by atoms with Crippen molar-refractivity contribution in [1.29, 1.82) is 0 Å². The Hall–Kier alpha value is -1.21. The molecule has 0 saturated carbocycles. The van der Waals surface area contributed by atoms with Gasteiger partial charge in [0.05, 0.1) is 0 Å². The number of hydrogen-bond acceptors (Lipinski definition) is 6. The lowest BCUT2D eigenvalue weighted by Crippen LogP contribution is -2.12. The molecule has 7 heteroatoms. The summed E-state index contributed by atoms with van der Waals surface area (Å²) >= 11 is 0. The normalized spacial score (nSPS) is 11.4. The molecule has 0 saturated heterocycles. The first-order chi connectivity index (χ1) is 6.40. The molecule has 1 heterocycles. The number of aromatic nitrogens is 2. The van der Waals surface area contributed by atoms with Crippen LogP contribution in [0, 0.1) is 6.92 Å². The van der Waals surface area contributed by atoms with Gasteiger partial charge >= 0.3 is 0 Å². The van der Waals surface area contributed by atoms with E-state index in [1.807, 2.05) is 0 Å². The fraction of sp³-hybridized carbons (Fsp3) is 0.429. The third kappa shape index (κ3) is 3.27. The smallest absolute Gasteiger partial charge is 0.154 e. The highest BCUT2D eigenvalue weighted by molar-refractivity contribution is 7.89. The van der Waals surface area contributed by atoms with Gasteiger partial charge in [-0.05, 0) is 6.92 Å². The number of anilines is 1. The first-order valence-electron chi connectivity index (χ1n) is 3.89. The molecule has 3 N–H and O–H groups in total. The van der Waals surface area contributed by atoms with E-state index in [0.717, 1.165) is 6.26 Å². The highest BCUT2D eigenvalue weighted by atomic mass is 32.2. The number of nitrogen functional groups attached to an aromatic ring is 1. The SMILES string of the molecule is Cc1cc(NN)nc(CS(C)(=O)=O)n1. The predicted molar refractivity (Wildman–Crippen MR) is 53.1 cm³/mol. The Kier molecular flexibility index (Phi) is 3.02. The molecular formula is C7H12N4O2S. The molecule has 0 bridgehead atoms. The van der Waals surface area contributed by atoms with E-state index in [1.165, 1.54) is 0 Å². The molecule has 0 spiro atoms. The van der Waals surface area contributed by atoms with Gasteiger partial charge in [0.2, 0.25) is 0 Å². The summed E-state index contributed by atoms with van der Waals surface area (Å²) < 4.78 is 22.0. The Balaban J connectivity index is 3.04. The molecule has 0 aliphatic heterocycles. The fourth-order valence-corrected chi connectivity index (χ4v) is 1.60. The van der Waals surface area contributed by atoms with Crippen LogP contribution in [0.25, 0.3) is 0 Å². The Bertz CT molecular complexity index is 429. The van der Waals surface area contributed by atoms with Gasteiger partial charge in [0.15, 0.2) is 9.84 Å². The van der Waals surface area contributed by atoms with Crippen LogP contribution in [0.1, 0.15) is 11.5 Å². The van der Waals surface area contributed by atoms with Crippen molar-refractivity contribution < 1.29 is 8.42 Å². The first kappa shape index (κ1) is 10.9. The maximum atomic E-state index is 11.0. The highest BCUT2D eigenvalue weighted by Crippen LogP contribution is 2.06. The summed E-state index contributed by atoms with van der Waals surface area (Å²) in [4.78, 5) is 7.89. The van der Waals surface area contributed by atoms with Gasteiger partial charge < -0.3 is 5.43 Å². The van der Waals surface area contributed by atoms with Crippen LogP contribution in [0.2, 0.25) is 0 Å². The lowest BCUT2D eigenvalue weighted by molar-refractivity contribution is 0.599. The van der Waals surface area contributed by atoms with Crippen LogP contribution < -0.4 is 11.3 Å². The van der Waals surface area contributed by atoms with Crippen molar-refractivity contribution in [3.05, 3.63) is 17.6 Å². The number of sulfone groups is 1. The van der Waals surface area contributed by atoms with Crippen LogP contribution in [-0.4, -0.2) is 24.6 Å². The zero-order valence-corrected chi connectivity index (χ0v) is 8.80. The van der Waals surface area contributed by atoms with Crippen molar-refractivity contribution in [2.75, 3.05) is 11.7 Å². The third-order valence-electron chi connectivity index (χ3n) is 1.44. The summed E-state index contributed by atoms with van der Waals surface area (Å²) in [6, 6.07) is 1.63. The molecule has 0 radical (unpaired) electrons. The minimum atomic E-state index is -3.11. The van der Waals surface area contributed by atoms with Crippen molar-refractivity contribution in [3.63, 3.8) is 0 Å². The first-order valence-corrected chi connectivity index (χ1v) is 5.95. The number of nitrogens with zero attached hydrogens (tertiary/aromatic N) is 2. The zero-order valence-electron chi connectivity index (χ0n) is 7.98. The van der Waals surface area contributed by atoms with E-state index in [2.05, 4.69) is 15.4 Å². The molecule has 0 aliphatic rings. The number of nitrogens with one attached hydrogen (secondary N) is 1. The second kappa shape index (κ2) is 3.89. The number of aryl methyl sites for hydroxylation is 1. The van der Waals surface area contributed by atoms with Gasteiger partial charge in [-0.1, -0.05) is 0 Å². The number of hydrogen-bond donors (Lipinski definition) is 2. The summed E-state index contributed by atoms with van der Waals surface area (Å²) in [6.45, 7) is 1.74. The largest absolute Gasteiger partial charge is 0.308 e. The molecule has 0 amide bonds. The maximum Gasteiger partial charge on any atom is 0.154 e. The van der Waals surface area contributed by atoms with Crippen molar-refractivity contribution in [3.8, 4) is 0 Å². The topological polar surface area (TPSA) is 98.0 Å². The van der Waals surface area contributed by atoms with Gasteiger partial charge in [-0.15, -0.1) is 0 Å². The molecule has 6 nitrogen and oxygen atoms in total. The lowest BCUT2D eigenvalue weighted by Gasteiger charge is -2.03. The quantitative estimate of drug-likeness (QED) is 0.527. The summed E-state index contributed by atoms with van der Waals surface area (Å²) in [7, 11) is -3.11. The Morgan fingerprint density at radius 2 is 2.14 bits per heavy atom. The average molecular weight is 216 g/mol. The van der Waals surface area contributed by atoms with Crippen molar-refractivity contribution >= 4 is 15.7 Å². The van der Waals surface area contributed by atoms with E-state index in [9.17, 15) is 8.42 Å². The molecule has 0 aromatic carbocycles. The molecule has 14 heavy (non-hydrogen) atoms. The van der Waals surface area contributed by atoms with E-state index >= 15 is 0 Å².